The van der Waals surface area contributed by atoms with E-state index in [0.29, 0.717) is 4.47 Å². The molecule has 0 bridgehead atoms. The van der Waals surface area contributed by atoms with Crippen molar-refractivity contribution >= 4 is 27.6 Å². The Morgan fingerprint density at radius 1 is 1.44 bits per heavy atom. The first-order valence-corrected chi connectivity index (χ1v) is 6.46. The molecule has 18 heavy (non-hydrogen) atoms. The fraction of sp³-hybridized carbons (Fsp3) is 0.462. The smallest absolute Gasteiger partial charge is 0.310 e. The van der Waals surface area contributed by atoms with Crippen molar-refractivity contribution in [2.24, 2.45) is 5.92 Å². The van der Waals surface area contributed by atoms with E-state index in [4.69, 9.17) is 4.74 Å². The third-order valence-corrected chi connectivity index (χ3v) is 3.58. The molecule has 0 fully saturated rings. The van der Waals surface area contributed by atoms with E-state index in [0.717, 1.165) is 11.3 Å². The summed E-state index contributed by atoms with van der Waals surface area (Å²) in [6.45, 7) is 5.49. The van der Waals surface area contributed by atoms with Crippen LogP contribution in [0.4, 0.5) is 10.1 Å². The van der Waals surface area contributed by atoms with Crippen LogP contribution in [0.2, 0.25) is 0 Å². The van der Waals surface area contributed by atoms with Crippen molar-refractivity contribution < 1.29 is 13.9 Å². The molecule has 0 saturated heterocycles. The summed E-state index contributed by atoms with van der Waals surface area (Å²) in [5, 5.41) is 3.20. The summed E-state index contributed by atoms with van der Waals surface area (Å²) in [5.41, 5.74) is 1.59. The number of hydrogen-bond acceptors (Lipinski definition) is 3. The number of hydrogen-bond donors (Lipinski definition) is 1. The van der Waals surface area contributed by atoms with E-state index in [2.05, 4.69) is 21.2 Å². The Morgan fingerprint density at radius 2 is 2.06 bits per heavy atom. The Bertz CT molecular complexity index is 451. The molecule has 1 aromatic carbocycles. The van der Waals surface area contributed by atoms with Gasteiger partial charge in [0.2, 0.25) is 0 Å². The van der Waals surface area contributed by atoms with Crippen LogP contribution in [0.3, 0.4) is 0 Å². The summed E-state index contributed by atoms with van der Waals surface area (Å²) in [7, 11) is 1.37. The van der Waals surface area contributed by atoms with E-state index < -0.39 is 0 Å². The van der Waals surface area contributed by atoms with Crippen LogP contribution in [0.5, 0.6) is 0 Å². The van der Waals surface area contributed by atoms with Gasteiger partial charge in [0.15, 0.2) is 0 Å². The van der Waals surface area contributed by atoms with Gasteiger partial charge in [-0.2, -0.15) is 0 Å². The van der Waals surface area contributed by atoms with Crippen LogP contribution in [0.15, 0.2) is 16.6 Å². The molecule has 0 amide bonds. The maximum Gasteiger partial charge on any atom is 0.310 e. The van der Waals surface area contributed by atoms with Gasteiger partial charge in [-0.25, -0.2) is 4.39 Å². The van der Waals surface area contributed by atoms with Gasteiger partial charge in [-0.3, -0.25) is 4.79 Å². The van der Waals surface area contributed by atoms with Crippen LogP contribution >= 0.6 is 15.9 Å². The molecular formula is C13H17BrFNO2. The molecule has 2 unspecified atom stereocenters. The topological polar surface area (TPSA) is 38.3 Å². The van der Waals surface area contributed by atoms with Gasteiger partial charge in [-0.05, 0) is 54.4 Å². The predicted octanol–water partition coefficient (Wildman–Crippen LogP) is 3.51. The van der Waals surface area contributed by atoms with E-state index in [-0.39, 0.29) is 23.7 Å². The molecule has 1 aromatic rings. The minimum atomic E-state index is -0.299. The molecular weight excluding hydrogens is 301 g/mol. The number of halogens is 2. The molecule has 0 spiro atoms. The first-order valence-electron chi connectivity index (χ1n) is 5.66. The highest BCUT2D eigenvalue weighted by molar-refractivity contribution is 9.10. The van der Waals surface area contributed by atoms with Gasteiger partial charge in [-0.15, -0.1) is 0 Å². The second kappa shape index (κ2) is 6.18. The predicted molar refractivity (Wildman–Crippen MR) is 73.1 cm³/mol. The Balaban J connectivity index is 2.85. The number of ether oxygens (including phenoxy) is 1. The molecule has 0 heterocycles. The van der Waals surface area contributed by atoms with E-state index in [1.807, 2.05) is 13.8 Å². The molecule has 1 rings (SSSR count). The largest absolute Gasteiger partial charge is 0.469 e. The molecule has 2 atom stereocenters. The van der Waals surface area contributed by atoms with Gasteiger partial charge in [0, 0.05) is 11.7 Å². The first kappa shape index (κ1) is 15.0. The van der Waals surface area contributed by atoms with Crippen LogP contribution < -0.4 is 5.32 Å². The normalized spacial score (nSPS) is 13.9. The maximum atomic E-state index is 13.3. The summed E-state index contributed by atoms with van der Waals surface area (Å²) in [6, 6.07) is 3.01. The second-order valence-electron chi connectivity index (χ2n) is 4.33. The van der Waals surface area contributed by atoms with Gasteiger partial charge in [0.05, 0.1) is 17.5 Å². The van der Waals surface area contributed by atoms with E-state index in [1.54, 1.807) is 13.0 Å². The van der Waals surface area contributed by atoms with Crippen molar-refractivity contribution in [2.75, 3.05) is 12.4 Å². The second-order valence-corrected chi connectivity index (χ2v) is 5.18. The minimum Gasteiger partial charge on any atom is -0.469 e. The summed E-state index contributed by atoms with van der Waals surface area (Å²) in [4.78, 5) is 11.4. The first-order chi connectivity index (χ1) is 8.36. The fourth-order valence-electron chi connectivity index (χ4n) is 1.56. The van der Waals surface area contributed by atoms with Gasteiger partial charge >= 0.3 is 5.97 Å². The van der Waals surface area contributed by atoms with Crippen molar-refractivity contribution in [1.82, 2.24) is 0 Å². The molecule has 100 valence electrons. The van der Waals surface area contributed by atoms with Gasteiger partial charge in [0.25, 0.3) is 0 Å². The number of carbonyl (C=O) groups is 1. The molecule has 0 aliphatic heterocycles. The van der Waals surface area contributed by atoms with E-state index >= 15 is 0 Å². The fourth-order valence-corrected chi connectivity index (χ4v) is 1.91. The van der Waals surface area contributed by atoms with E-state index in [9.17, 15) is 9.18 Å². The SMILES string of the molecule is COC(=O)C(C)C(C)Nc1cc(Br)c(F)cc1C. The Kier molecular flexibility index (Phi) is 5.14. The van der Waals surface area contributed by atoms with Crippen LogP contribution in [-0.4, -0.2) is 19.1 Å². The lowest BCUT2D eigenvalue weighted by atomic mass is 10.0. The average molecular weight is 318 g/mol. The highest BCUT2D eigenvalue weighted by Gasteiger charge is 2.21. The lowest BCUT2D eigenvalue weighted by Crippen LogP contribution is -2.31. The van der Waals surface area contributed by atoms with E-state index in [1.165, 1.54) is 13.2 Å². The number of anilines is 1. The summed E-state index contributed by atoms with van der Waals surface area (Å²) in [5.74, 6) is -0.848. The van der Waals surface area contributed by atoms with Crippen LogP contribution in [0, 0.1) is 18.7 Å². The number of esters is 1. The van der Waals surface area contributed by atoms with Gasteiger partial charge in [-0.1, -0.05) is 0 Å². The lowest BCUT2D eigenvalue weighted by molar-refractivity contribution is -0.145. The van der Waals surface area contributed by atoms with Gasteiger partial charge in [0.1, 0.15) is 5.82 Å². The standard InChI is InChI=1S/C13H17BrFNO2/c1-7-5-11(15)10(14)6-12(7)16-9(3)8(2)13(17)18-4/h5-6,8-9,16H,1-4H3. The third-order valence-electron chi connectivity index (χ3n) is 2.97. The molecule has 0 saturated carbocycles. The number of methoxy groups -OCH3 is 1. The molecule has 3 nitrogen and oxygen atoms in total. The quantitative estimate of drug-likeness (QED) is 0.864. The molecule has 5 heteroatoms. The molecule has 0 aromatic heterocycles. The van der Waals surface area contributed by atoms with Crippen molar-refractivity contribution in [2.45, 2.75) is 26.8 Å². The monoisotopic (exact) mass is 317 g/mol. The average Bonchev–Trinajstić information content (AvgIpc) is 2.33. The zero-order chi connectivity index (χ0) is 13.9. The minimum absolute atomic E-state index is 0.103. The van der Waals surface area contributed by atoms with Crippen molar-refractivity contribution in [3.63, 3.8) is 0 Å². The number of nitrogens with one attached hydrogen (secondary N) is 1. The highest BCUT2D eigenvalue weighted by Crippen LogP contribution is 2.25. The van der Waals surface area contributed by atoms with Crippen LogP contribution in [0.1, 0.15) is 19.4 Å². The van der Waals surface area contributed by atoms with Crippen LogP contribution in [-0.2, 0) is 9.53 Å². The lowest BCUT2D eigenvalue weighted by Gasteiger charge is -2.21. The van der Waals surface area contributed by atoms with Gasteiger partial charge < -0.3 is 10.1 Å². The Hall–Kier alpha value is -1.10. The molecule has 0 aliphatic carbocycles. The summed E-state index contributed by atoms with van der Waals surface area (Å²) >= 11 is 3.14. The molecule has 1 N–H and O–H groups in total. The molecule has 0 aliphatic rings. The number of carbonyl (C=O) groups excluding carboxylic acids is 1. The van der Waals surface area contributed by atoms with Crippen LogP contribution in [0.25, 0.3) is 0 Å². The zero-order valence-electron chi connectivity index (χ0n) is 10.9. The van der Waals surface area contributed by atoms with Crippen molar-refractivity contribution in [3.05, 3.63) is 28.0 Å². The van der Waals surface area contributed by atoms with Crippen molar-refractivity contribution in [3.8, 4) is 0 Å². The Morgan fingerprint density at radius 3 is 2.61 bits per heavy atom. The molecule has 0 radical (unpaired) electrons. The third kappa shape index (κ3) is 3.45. The highest BCUT2D eigenvalue weighted by atomic mass is 79.9. The number of benzene rings is 1. The zero-order valence-corrected chi connectivity index (χ0v) is 12.5. The summed E-state index contributed by atoms with van der Waals surface area (Å²) in [6.07, 6.45) is 0. The number of rotatable bonds is 4. The summed E-state index contributed by atoms with van der Waals surface area (Å²) < 4.78 is 18.4. The Labute approximate surface area is 115 Å². The number of aryl methyl sites for hydroxylation is 1. The maximum absolute atomic E-state index is 13.3. The van der Waals surface area contributed by atoms with Crippen molar-refractivity contribution in [1.29, 1.82) is 0 Å².